The van der Waals surface area contributed by atoms with Crippen LogP contribution in [-0.4, -0.2) is 15.9 Å². The third-order valence-corrected chi connectivity index (χ3v) is 5.09. The van der Waals surface area contributed by atoms with E-state index in [1.54, 1.807) is 11.8 Å². The minimum Gasteiger partial charge on any atom is -0.339 e. The van der Waals surface area contributed by atoms with Gasteiger partial charge in [-0.15, -0.1) is 24.2 Å². The Morgan fingerprint density at radius 2 is 2.10 bits per heavy atom. The molecule has 1 heterocycles. The molecule has 0 bridgehead atoms. The Balaban J connectivity index is 0.00000161. The Labute approximate surface area is 139 Å². The molecule has 2 aromatic rings. The molecular weight excluding hydrogens is 329 g/mol. The zero-order valence-corrected chi connectivity index (χ0v) is 13.8. The number of halogens is 2. The first-order valence-electron chi connectivity index (χ1n) is 6.67. The van der Waals surface area contributed by atoms with E-state index in [2.05, 4.69) is 10.1 Å². The largest absolute Gasteiger partial charge is 0.339 e. The summed E-state index contributed by atoms with van der Waals surface area (Å²) in [5, 5.41) is 4.78. The summed E-state index contributed by atoms with van der Waals surface area (Å²) in [5.74, 6) is 2.15. The van der Waals surface area contributed by atoms with Crippen LogP contribution in [0, 0.1) is 0 Å². The minimum atomic E-state index is -0.350. The number of hydrogen-bond acceptors (Lipinski definition) is 5. The van der Waals surface area contributed by atoms with E-state index in [9.17, 15) is 0 Å². The predicted octanol–water partition coefficient (Wildman–Crippen LogP) is 3.82. The van der Waals surface area contributed by atoms with E-state index in [0.29, 0.717) is 11.7 Å². The lowest BCUT2D eigenvalue weighted by atomic mass is 9.77. The number of benzene rings is 1. The van der Waals surface area contributed by atoms with Crippen LogP contribution >= 0.6 is 35.8 Å². The Kier molecular flexibility index (Phi) is 5.54. The lowest BCUT2D eigenvalue weighted by Gasteiger charge is -2.34. The van der Waals surface area contributed by atoms with Crippen molar-refractivity contribution in [1.29, 1.82) is 0 Å². The second-order valence-corrected chi connectivity index (χ2v) is 6.59. The van der Waals surface area contributed by atoms with Crippen LogP contribution in [0.25, 0.3) is 0 Å². The monoisotopic (exact) mass is 345 g/mol. The van der Waals surface area contributed by atoms with Gasteiger partial charge >= 0.3 is 0 Å². The SMILES string of the molecule is Cl.NC1(c2noc(CCSc3ccccc3Cl)n2)CCC1. The molecule has 0 aliphatic heterocycles. The highest BCUT2D eigenvalue weighted by Crippen LogP contribution is 2.37. The molecule has 0 saturated heterocycles. The third kappa shape index (κ3) is 3.72. The zero-order chi connectivity index (χ0) is 14.0. The van der Waals surface area contributed by atoms with Gasteiger partial charge in [0.15, 0.2) is 5.82 Å². The van der Waals surface area contributed by atoms with Crippen LogP contribution in [-0.2, 0) is 12.0 Å². The van der Waals surface area contributed by atoms with Crippen molar-refractivity contribution >= 4 is 35.8 Å². The van der Waals surface area contributed by atoms with Crippen molar-refractivity contribution in [2.45, 2.75) is 36.1 Å². The summed E-state index contributed by atoms with van der Waals surface area (Å²) in [6.45, 7) is 0. The summed E-state index contributed by atoms with van der Waals surface area (Å²) in [7, 11) is 0. The Morgan fingerprint density at radius 1 is 1.33 bits per heavy atom. The fourth-order valence-electron chi connectivity index (χ4n) is 2.15. The second-order valence-electron chi connectivity index (χ2n) is 5.05. The molecule has 1 aromatic carbocycles. The quantitative estimate of drug-likeness (QED) is 0.834. The molecule has 1 aliphatic rings. The highest BCUT2D eigenvalue weighted by molar-refractivity contribution is 7.99. The second kappa shape index (κ2) is 7.01. The first-order chi connectivity index (χ1) is 9.67. The molecule has 3 rings (SSSR count). The number of rotatable bonds is 5. The lowest BCUT2D eigenvalue weighted by Crippen LogP contribution is -2.44. The van der Waals surface area contributed by atoms with Crippen molar-refractivity contribution in [2.75, 3.05) is 5.75 Å². The number of hydrogen-bond donors (Lipinski definition) is 1. The van der Waals surface area contributed by atoms with E-state index >= 15 is 0 Å². The van der Waals surface area contributed by atoms with E-state index in [0.717, 1.165) is 41.4 Å². The molecule has 0 spiro atoms. The molecule has 0 radical (unpaired) electrons. The van der Waals surface area contributed by atoms with Crippen LogP contribution < -0.4 is 5.73 Å². The first kappa shape index (κ1) is 16.6. The Bertz CT molecular complexity index is 601. The molecule has 1 aromatic heterocycles. The van der Waals surface area contributed by atoms with Crippen LogP contribution in [0.1, 0.15) is 31.0 Å². The molecule has 2 N–H and O–H groups in total. The number of thioether (sulfide) groups is 1. The molecule has 4 nitrogen and oxygen atoms in total. The van der Waals surface area contributed by atoms with E-state index in [1.807, 2.05) is 24.3 Å². The van der Waals surface area contributed by atoms with E-state index in [-0.39, 0.29) is 17.9 Å². The number of nitrogens with zero attached hydrogens (tertiary/aromatic N) is 2. The highest BCUT2D eigenvalue weighted by Gasteiger charge is 2.38. The van der Waals surface area contributed by atoms with Crippen molar-refractivity contribution in [3.05, 3.63) is 41.0 Å². The smallest absolute Gasteiger partial charge is 0.227 e. The molecule has 1 fully saturated rings. The van der Waals surface area contributed by atoms with E-state index in [1.165, 1.54) is 0 Å². The van der Waals surface area contributed by atoms with Gasteiger partial charge in [-0.25, -0.2) is 0 Å². The zero-order valence-electron chi connectivity index (χ0n) is 11.4. The van der Waals surface area contributed by atoms with Crippen LogP contribution in [0.2, 0.25) is 5.02 Å². The van der Waals surface area contributed by atoms with Gasteiger partial charge < -0.3 is 10.3 Å². The number of aryl methyl sites for hydroxylation is 1. The van der Waals surface area contributed by atoms with Gasteiger partial charge in [0, 0.05) is 17.1 Å². The molecule has 114 valence electrons. The maximum Gasteiger partial charge on any atom is 0.227 e. The van der Waals surface area contributed by atoms with Crippen LogP contribution in [0.3, 0.4) is 0 Å². The summed E-state index contributed by atoms with van der Waals surface area (Å²) < 4.78 is 5.27. The maximum absolute atomic E-state index is 6.17. The van der Waals surface area contributed by atoms with Gasteiger partial charge in [0.25, 0.3) is 0 Å². The number of nitrogens with two attached hydrogens (primary N) is 1. The highest BCUT2D eigenvalue weighted by atomic mass is 35.5. The summed E-state index contributed by atoms with van der Waals surface area (Å²) in [5.41, 5.74) is 5.82. The molecule has 1 saturated carbocycles. The van der Waals surface area contributed by atoms with Crippen LogP contribution in [0.15, 0.2) is 33.7 Å². The van der Waals surface area contributed by atoms with Crippen molar-refractivity contribution in [3.63, 3.8) is 0 Å². The summed E-state index contributed by atoms with van der Waals surface area (Å²) >= 11 is 7.79. The van der Waals surface area contributed by atoms with Crippen molar-refractivity contribution in [2.24, 2.45) is 5.73 Å². The molecule has 0 atom stereocenters. The van der Waals surface area contributed by atoms with Gasteiger partial charge in [-0.05, 0) is 31.4 Å². The van der Waals surface area contributed by atoms with Crippen LogP contribution in [0.5, 0.6) is 0 Å². The molecule has 0 amide bonds. The average Bonchev–Trinajstić information content (AvgIpc) is 2.87. The summed E-state index contributed by atoms with van der Waals surface area (Å²) in [4.78, 5) is 5.48. The molecular formula is C14H17Cl2N3OS. The van der Waals surface area contributed by atoms with Crippen LogP contribution in [0.4, 0.5) is 0 Å². The van der Waals surface area contributed by atoms with Gasteiger partial charge in [-0.1, -0.05) is 28.9 Å². The van der Waals surface area contributed by atoms with Gasteiger partial charge in [0.2, 0.25) is 5.89 Å². The van der Waals surface area contributed by atoms with E-state index < -0.39 is 0 Å². The Morgan fingerprint density at radius 3 is 2.76 bits per heavy atom. The average molecular weight is 346 g/mol. The first-order valence-corrected chi connectivity index (χ1v) is 8.03. The summed E-state index contributed by atoms with van der Waals surface area (Å²) in [6, 6.07) is 7.81. The molecule has 21 heavy (non-hydrogen) atoms. The molecule has 0 unspecified atom stereocenters. The molecule has 7 heteroatoms. The van der Waals surface area contributed by atoms with Crippen molar-refractivity contribution < 1.29 is 4.52 Å². The topological polar surface area (TPSA) is 64.9 Å². The van der Waals surface area contributed by atoms with Gasteiger partial charge in [-0.2, -0.15) is 4.98 Å². The fourth-order valence-corrected chi connectivity index (χ4v) is 3.33. The summed E-state index contributed by atoms with van der Waals surface area (Å²) in [6.07, 6.45) is 3.75. The minimum absolute atomic E-state index is 0. The number of aromatic nitrogens is 2. The fraction of sp³-hybridized carbons (Fsp3) is 0.429. The van der Waals surface area contributed by atoms with Crippen molar-refractivity contribution in [1.82, 2.24) is 10.1 Å². The predicted molar refractivity (Wildman–Crippen MR) is 87.1 cm³/mol. The Hall–Kier alpha value is -0.750. The normalized spacial score (nSPS) is 16.1. The van der Waals surface area contributed by atoms with Gasteiger partial charge in [0.1, 0.15) is 0 Å². The van der Waals surface area contributed by atoms with E-state index in [4.69, 9.17) is 21.9 Å². The molecule has 1 aliphatic carbocycles. The van der Waals surface area contributed by atoms with Gasteiger partial charge in [-0.3, -0.25) is 0 Å². The van der Waals surface area contributed by atoms with Gasteiger partial charge in [0.05, 0.1) is 10.6 Å². The third-order valence-electron chi connectivity index (χ3n) is 3.57. The lowest BCUT2D eigenvalue weighted by molar-refractivity contribution is 0.229. The van der Waals surface area contributed by atoms with Crippen molar-refractivity contribution in [3.8, 4) is 0 Å². The standard InChI is InChI=1S/C14H16ClN3OS.ClH/c15-10-4-1-2-5-11(10)20-9-6-12-17-13(18-19-12)14(16)7-3-8-14;/h1-2,4-5H,3,6-9,16H2;1H. The maximum atomic E-state index is 6.17.